The van der Waals surface area contributed by atoms with Gasteiger partial charge in [0.25, 0.3) is 5.91 Å². The zero-order chi connectivity index (χ0) is 20.3. The third kappa shape index (κ3) is 4.16. The summed E-state index contributed by atoms with van der Waals surface area (Å²) < 4.78 is 5.28. The number of ether oxygens (including phenoxy) is 1. The molecule has 6 heteroatoms. The van der Waals surface area contributed by atoms with Crippen LogP contribution in [0, 0.1) is 0 Å². The number of rotatable bonds is 6. The highest BCUT2D eigenvalue weighted by molar-refractivity contribution is 6.23. The lowest BCUT2D eigenvalue weighted by atomic mass is 9.75. The van der Waals surface area contributed by atoms with Gasteiger partial charge in [0, 0.05) is 26.6 Å². The molecule has 1 saturated carbocycles. The van der Waals surface area contributed by atoms with Gasteiger partial charge in [-0.25, -0.2) is 0 Å². The van der Waals surface area contributed by atoms with Gasteiger partial charge in [-0.05, 0) is 43.0 Å². The fourth-order valence-corrected chi connectivity index (χ4v) is 4.77. The van der Waals surface area contributed by atoms with Crippen LogP contribution in [0.15, 0.2) is 29.8 Å². The van der Waals surface area contributed by atoms with Crippen LogP contribution in [0.5, 0.6) is 5.75 Å². The Morgan fingerprint density at radius 2 is 1.76 bits per heavy atom. The van der Waals surface area contributed by atoms with Gasteiger partial charge in [-0.15, -0.1) is 12.4 Å². The first-order chi connectivity index (χ1) is 13.5. The molecule has 2 amide bonds. The van der Waals surface area contributed by atoms with Crippen molar-refractivity contribution >= 4 is 29.8 Å². The second-order valence-corrected chi connectivity index (χ2v) is 7.80. The molecule has 5 nitrogen and oxygen atoms in total. The van der Waals surface area contributed by atoms with Crippen molar-refractivity contribution in [3.8, 4) is 5.75 Å². The number of carbonyl (C=O) groups is 2. The van der Waals surface area contributed by atoms with Crippen molar-refractivity contribution in [2.45, 2.75) is 57.9 Å². The van der Waals surface area contributed by atoms with Crippen molar-refractivity contribution < 1.29 is 14.3 Å². The van der Waals surface area contributed by atoms with Crippen molar-refractivity contribution in [2.24, 2.45) is 0 Å². The van der Waals surface area contributed by atoms with E-state index in [0.717, 1.165) is 48.1 Å². The second-order valence-electron chi connectivity index (χ2n) is 7.80. The molecule has 1 aliphatic carbocycles. The number of amides is 2. The van der Waals surface area contributed by atoms with Crippen LogP contribution in [0.1, 0.15) is 57.9 Å². The van der Waals surface area contributed by atoms with Gasteiger partial charge in [0.05, 0.1) is 18.2 Å². The average Bonchev–Trinajstić information content (AvgIpc) is 2.93. The Kier molecular flexibility index (Phi) is 7.75. The molecule has 2 aliphatic rings. The van der Waals surface area contributed by atoms with Crippen LogP contribution >= 0.6 is 12.4 Å². The zero-order valence-corrected chi connectivity index (χ0v) is 18.8. The van der Waals surface area contributed by atoms with Gasteiger partial charge in [-0.1, -0.05) is 38.3 Å². The molecule has 0 saturated heterocycles. The molecule has 1 spiro atoms. The number of hydrogen-bond donors (Lipinski definition) is 0. The van der Waals surface area contributed by atoms with E-state index >= 15 is 0 Å². The summed E-state index contributed by atoms with van der Waals surface area (Å²) in [6.07, 6.45) is 5.87. The van der Waals surface area contributed by atoms with Gasteiger partial charge in [-0.3, -0.25) is 9.59 Å². The Hall–Kier alpha value is -2.01. The molecule has 29 heavy (non-hydrogen) atoms. The minimum absolute atomic E-state index is 0. The van der Waals surface area contributed by atoms with Crippen LogP contribution < -0.4 is 4.74 Å². The number of likely N-dealkylation sites (N-methyl/N-ethyl adjacent to an activating group) is 2. The van der Waals surface area contributed by atoms with E-state index < -0.39 is 0 Å². The standard InChI is InChI=1S/C23H32N2O3.ClH/c1-5-20(26)25(6-2)16-19-21(17-10-12-18(28-4)13-11-17)22(27)24(3)23(19)14-8-7-9-15-23;/h10-13H,5-9,14-16H2,1-4H3;1H. The number of benzene rings is 1. The second kappa shape index (κ2) is 9.66. The lowest BCUT2D eigenvalue weighted by Gasteiger charge is -2.43. The summed E-state index contributed by atoms with van der Waals surface area (Å²) in [6.45, 7) is 5.09. The van der Waals surface area contributed by atoms with E-state index in [4.69, 9.17) is 4.74 Å². The highest BCUT2D eigenvalue weighted by Gasteiger charge is 2.50. The number of nitrogens with zero attached hydrogens (tertiary/aromatic N) is 2. The molecule has 1 aromatic carbocycles. The molecule has 1 fully saturated rings. The van der Waals surface area contributed by atoms with E-state index in [1.165, 1.54) is 6.42 Å². The van der Waals surface area contributed by atoms with Crippen molar-refractivity contribution in [1.82, 2.24) is 9.80 Å². The van der Waals surface area contributed by atoms with E-state index in [2.05, 4.69) is 0 Å². The summed E-state index contributed by atoms with van der Waals surface area (Å²) in [4.78, 5) is 29.7. The van der Waals surface area contributed by atoms with Gasteiger partial charge in [0.2, 0.25) is 5.91 Å². The van der Waals surface area contributed by atoms with Crippen molar-refractivity contribution in [3.63, 3.8) is 0 Å². The molecular weight excluding hydrogens is 388 g/mol. The molecule has 0 radical (unpaired) electrons. The first-order valence-corrected chi connectivity index (χ1v) is 10.4. The summed E-state index contributed by atoms with van der Waals surface area (Å²) in [5.74, 6) is 0.979. The van der Waals surface area contributed by atoms with E-state index in [0.29, 0.717) is 19.5 Å². The summed E-state index contributed by atoms with van der Waals surface area (Å²) >= 11 is 0. The number of carbonyl (C=O) groups excluding carboxylic acids is 2. The largest absolute Gasteiger partial charge is 0.497 e. The lowest BCUT2D eigenvalue weighted by Crippen LogP contribution is -2.49. The summed E-state index contributed by atoms with van der Waals surface area (Å²) in [7, 11) is 3.57. The van der Waals surface area contributed by atoms with Crippen LogP contribution in [0.25, 0.3) is 5.57 Å². The zero-order valence-electron chi connectivity index (χ0n) is 18.0. The van der Waals surface area contributed by atoms with Crippen molar-refractivity contribution in [1.29, 1.82) is 0 Å². The Morgan fingerprint density at radius 3 is 2.28 bits per heavy atom. The van der Waals surface area contributed by atoms with Crippen molar-refractivity contribution in [3.05, 3.63) is 35.4 Å². The van der Waals surface area contributed by atoms with Crippen LogP contribution in [-0.4, -0.2) is 54.4 Å². The van der Waals surface area contributed by atoms with E-state index in [1.54, 1.807) is 7.11 Å². The molecular formula is C23H33ClN2O3. The third-order valence-electron chi connectivity index (χ3n) is 6.47. The fourth-order valence-electron chi connectivity index (χ4n) is 4.77. The molecule has 1 aromatic rings. The number of hydrogen-bond acceptors (Lipinski definition) is 3. The SMILES string of the molecule is CCC(=O)N(CC)CC1=C(c2ccc(OC)cc2)C(=O)N(C)C12CCCCC2.Cl. The minimum atomic E-state index is -0.258. The van der Waals surface area contributed by atoms with Gasteiger partial charge in [0.15, 0.2) is 0 Å². The van der Waals surface area contributed by atoms with Gasteiger partial charge < -0.3 is 14.5 Å². The summed E-state index contributed by atoms with van der Waals surface area (Å²) in [5, 5.41) is 0. The molecule has 3 rings (SSSR count). The van der Waals surface area contributed by atoms with Crippen LogP contribution in [0.2, 0.25) is 0 Å². The fraction of sp³-hybridized carbons (Fsp3) is 0.565. The molecule has 0 aromatic heterocycles. The van der Waals surface area contributed by atoms with E-state index in [-0.39, 0.29) is 29.8 Å². The van der Waals surface area contributed by atoms with Crippen LogP contribution in [0.3, 0.4) is 0 Å². The highest BCUT2D eigenvalue weighted by Crippen LogP contribution is 2.48. The molecule has 0 unspecified atom stereocenters. The van der Waals surface area contributed by atoms with E-state index in [9.17, 15) is 9.59 Å². The first kappa shape index (κ1) is 23.3. The number of halogens is 1. The predicted octanol–water partition coefficient (Wildman–Crippen LogP) is 4.30. The highest BCUT2D eigenvalue weighted by atomic mass is 35.5. The summed E-state index contributed by atoms with van der Waals surface area (Å²) in [5.41, 5.74) is 2.55. The first-order valence-electron chi connectivity index (χ1n) is 10.4. The van der Waals surface area contributed by atoms with Gasteiger partial charge in [-0.2, -0.15) is 0 Å². The molecule has 160 valence electrons. The Morgan fingerprint density at radius 1 is 1.14 bits per heavy atom. The van der Waals surface area contributed by atoms with E-state index in [1.807, 2.05) is 55.0 Å². The maximum atomic E-state index is 13.4. The Bertz CT molecular complexity index is 767. The van der Waals surface area contributed by atoms with Crippen LogP contribution in [-0.2, 0) is 9.59 Å². The minimum Gasteiger partial charge on any atom is -0.497 e. The molecule has 1 aliphatic heterocycles. The smallest absolute Gasteiger partial charge is 0.255 e. The average molecular weight is 421 g/mol. The maximum Gasteiger partial charge on any atom is 0.255 e. The topological polar surface area (TPSA) is 49.9 Å². The van der Waals surface area contributed by atoms with Crippen LogP contribution in [0.4, 0.5) is 0 Å². The lowest BCUT2D eigenvalue weighted by molar-refractivity contribution is -0.130. The van der Waals surface area contributed by atoms with Crippen molar-refractivity contribution in [2.75, 3.05) is 27.2 Å². The monoisotopic (exact) mass is 420 g/mol. The van der Waals surface area contributed by atoms with Gasteiger partial charge in [0.1, 0.15) is 5.75 Å². The quantitative estimate of drug-likeness (QED) is 0.689. The molecule has 0 bridgehead atoms. The summed E-state index contributed by atoms with van der Waals surface area (Å²) in [6, 6.07) is 7.71. The predicted molar refractivity (Wildman–Crippen MR) is 118 cm³/mol. The maximum absolute atomic E-state index is 13.4. The Balaban J connectivity index is 0.00000300. The number of methoxy groups -OCH3 is 1. The third-order valence-corrected chi connectivity index (χ3v) is 6.47. The van der Waals surface area contributed by atoms with Gasteiger partial charge >= 0.3 is 0 Å². The molecule has 0 atom stereocenters. The normalized spacial score (nSPS) is 18.1. The molecule has 0 N–H and O–H groups in total. The Labute approximate surface area is 180 Å². The molecule has 1 heterocycles.